The van der Waals surface area contributed by atoms with Gasteiger partial charge in [-0.1, -0.05) is 48.5 Å². The zero-order valence-electron chi connectivity index (χ0n) is 13.8. The lowest BCUT2D eigenvalue weighted by Crippen LogP contribution is -2.23. The van der Waals surface area contributed by atoms with Crippen LogP contribution in [-0.4, -0.2) is 21.6 Å². The molecule has 5 nitrogen and oxygen atoms in total. The van der Waals surface area contributed by atoms with E-state index in [1.165, 1.54) is 5.56 Å². The first-order chi connectivity index (χ1) is 12.1. The monoisotopic (exact) mass is 336 g/mol. The Morgan fingerprint density at radius 1 is 0.960 bits per heavy atom. The maximum atomic E-state index is 11.8. The quantitative estimate of drug-likeness (QED) is 0.696. The first-order valence-electron chi connectivity index (χ1n) is 8.22. The molecule has 1 heterocycles. The smallest absolute Gasteiger partial charge is 0.303 e. The number of nitrogens with zero attached hydrogens (tertiary/aromatic N) is 1. The molecule has 5 heteroatoms. The van der Waals surface area contributed by atoms with Crippen LogP contribution < -0.4 is 5.32 Å². The van der Waals surface area contributed by atoms with Crippen molar-refractivity contribution in [3.05, 3.63) is 71.9 Å². The number of hydrogen-bond acceptors (Lipinski definition) is 2. The Labute approximate surface area is 145 Å². The number of carbonyl (C=O) groups is 2. The van der Waals surface area contributed by atoms with E-state index in [1.807, 2.05) is 36.4 Å². The topological polar surface area (TPSA) is 71.3 Å². The van der Waals surface area contributed by atoms with E-state index in [0.717, 1.165) is 23.0 Å². The fraction of sp³-hybridized carbons (Fsp3) is 0.200. The van der Waals surface area contributed by atoms with E-state index in [-0.39, 0.29) is 18.7 Å². The van der Waals surface area contributed by atoms with Crippen molar-refractivity contribution in [1.29, 1.82) is 0 Å². The molecule has 1 aromatic heterocycles. The molecule has 3 aromatic rings. The van der Waals surface area contributed by atoms with Crippen molar-refractivity contribution >= 4 is 22.8 Å². The van der Waals surface area contributed by atoms with Crippen LogP contribution in [0.2, 0.25) is 0 Å². The van der Waals surface area contributed by atoms with Crippen LogP contribution in [0.15, 0.2) is 60.8 Å². The number of para-hydroxylation sites is 1. The summed E-state index contributed by atoms with van der Waals surface area (Å²) in [5.41, 5.74) is 3.34. The van der Waals surface area contributed by atoms with E-state index in [1.54, 1.807) is 0 Å². The van der Waals surface area contributed by atoms with Crippen LogP contribution in [0.5, 0.6) is 0 Å². The van der Waals surface area contributed by atoms with Gasteiger partial charge in [0.2, 0.25) is 5.91 Å². The number of carboxylic acids is 1. The summed E-state index contributed by atoms with van der Waals surface area (Å²) in [6.07, 6.45) is 1.90. The third-order valence-corrected chi connectivity index (χ3v) is 4.11. The molecule has 0 aliphatic carbocycles. The SMILES string of the molecule is O=C(O)CCC(=O)NCc1cn(Cc2ccccc2)c2ccccc12. The number of aromatic nitrogens is 1. The summed E-state index contributed by atoms with van der Waals surface area (Å²) < 4.78 is 2.17. The Morgan fingerprint density at radius 3 is 2.44 bits per heavy atom. The van der Waals surface area contributed by atoms with Crippen LogP contribution in [0.3, 0.4) is 0 Å². The zero-order chi connectivity index (χ0) is 17.6. The Kier molecular flexibility index (Phi) is 5.14. The molecule has 0 saturated carbocycles. The molecule has 128 valence electrons. The first-order valence-corrected chi connectivity index (χ1v) is 8.22. The molecule has 2 N–H and O–H groups in total. The van der Waals surface area contributed by atoms with Gasteiger partial charge in [0.25, 0.3) is 0 Å². The highest BCUT2D eigenvalue weighted by atomic mass is 16.4. The fourth-order valence-electron chi connectivity index (χ4n) is 2.88. The lowest BCUT2D eigenvalue weighted by atomic mass is 10.1. The third-order valence-electron chi connectivity index (χ3n) is 4.11. The van der Waals surface area contributed by atoms with Gasteiger partial charge < -0.3 is 15.0 Å². The average Bonchev–Trinajstić information content (AvgIpc) is 2.97. The van der Waals surface area contributed by atoms with Gasteiger partial charge in [0.05, 0.1) is 6.42 Å². The maximum Gasteiger partial charge on any atom is 0.303 e. The molecule has 0 fully saturated rings. The van der Waals surface area contributed by atoms with Crippen molar-refractivity contribution in [1.82, 2.24) is 9.88 Å². The van der Waals surface area contributed by atoms with Gasteiger partial charge in [-0.25, -0.2) is 0 Å². The molecule has 0 radical (unpaired) electrons. The molecule has 0 bridgehead atoms. The van der Waals surface area contributed by atoms with Crippen LogP contribution in [0.4, 0.5) is 0 Å². The number of fused-ring (bicyclic) bond motifs is 1. The molecule has 0 aliphatic rings. The number of amides is 1. The van der Waals surface area contributed by atoms with E-state index in [4.69, 9.17) is 5.11 Å². The number of carbonyl (C=O) groups excluding carboxylic acids is 1. The van der Waals surface area contributed by atoms with Gasteiger partial charge in [-0.15, -0.1) is 0 Å². The van der Waals surface area contributed by atoms with E-state index >= 15 is 0 Å². The Hall–Kier alpha value is -3.08. The second-order valence-electron chi connectivity index (χ2n) is 5.96. The minimum absolute atomic E-state index is 0.00199. The Morgan fingerprint density at radius 2 is 1.68 bits per heavy atom. The molecule has 2 aromatic carbocycles. The van der Waals surface area contributed by atoms with E-state index in [9.17, 15) is 9.59 Å². The van der Waals surface area contributed by atoms with Crippen molar-refractivity contribution in [2.24, 2.45) is 0 Å². The summed E-state index contributed by atoms with van der Waals surface area (Å²) >= 11 is 0. The molecule has 3 rings (SSSR count). The van der Waals surface area contributed by atoms with Gasteiger partial charge in [-0.2, -0.15) is 0 Å². The highest BCUT2D eigenvalue weighted by Crippen LogP contribution is 2.22. The number of aliphatic carboxylic acids is 1. The second-order valence-corrected chi connectivity index (χ2v) is 5.96. The van der Waals surface area contributed by atoms with E-state index in [2.05, 4.69) is 34.3 Å². The van der Waals surface area contributed by atoms with Gasteiger partial charge in [-0.05, 0) is 17.2 Å². The molecular formula is C20H20N2O3. The number of rotatable bonds is 7. The summed E-state index contributed by atoms with van der Waals surface area (Å²) in [7, 11) is 0. The van der Waals surface area contributed by atoms with Crippen molar-refractivity contribution in [3.63, 3.8) is 0 Å². The van der Waals surface area contributed by atoms with Crippen LogP contribution in [-0.2, 0) is 22.7 Å². The minimum Gasteiger partial charge on any atom is -0.481 e. The zero-order valence-corrected chi connectivity index (χ0v) is 13.8. The predicted octanol–water partition coefficient (Wildman–Crippen LogP) is 3.17. The molecule has 0 aliphatic heterocycles. The molecule has 0 unspecified atom stereocenters. The van der Waals surface area contributed by atoms with Crippen molar-refractivity contribution in [3.8, 4) is 0 Å². The standard InChI is InChI=1S/C20H20N2O3/c23-19(10-11-20(24)25)21-12-16-14-22(13-15-6-2-1-3-7-15)18-9-5-4-8-17(16)18/h1-9,14H,10-13H2,(H,21,23)(H,24,25). The van der Waals surface area contributed by atoms with Crippen LogP contribution in [0.25, 0.3) is 10.9 Å². The highest BCUT2D eigenvalue weighted by molar-refractivity contribution is 5.85. The summed E-state index contributed by atoms with van der Waals surface area (Å²) in [5.74, 6) is -1.21. The summed E-state index contributed by atoms with van der Waals surface area (Å²) in [6.45, 7) is 1.15. The van der Waals surface area contributed by atoms with Gasteiger partial charge in [0.15, 0.2) is 0 Å². The molecular weight excluding hydrogens is 316 g/mol. The Bertz CT molecular complexity index is 884. The van der Waals surface area contributed by atoms with Gasteiger partial charge >= 0.3 is 5.97 Å². The van der Waals surface area contributed by atoms with Gasteiger partial charge in [-0.3, -0.25) is 9.59 Å². The summed E-state index contributed by atoms with van der Waals surface area (Å²) in [6, 6.07) is 18.3. The number of benzene rings is 2. The normalized spacial score (nSPS) is 10.7. The lowest BCUT2D eigenvalue weighted by molar-refractivity contribution is -0.138. The van der Waals surface area contributed by atoms with E-state index < -0.39 is 5.97 Å². The summed E-state index contributed by atoms with van der Waals surface area (Å²) in [4.78, 5) is 22.3. The Balaban J connectivity index is 1.77. The molecule has 0 spiro atoms. The maximum absolute atomic E-state index is 11.8. The molecule has 0 atom stereocenters. The molecule has 1 amide bonds. The molecule has 25 heavy (non-hydrogen) atoms. The van der Waals surface area contributed by atoms with Crippen molar-refractivity contribution < 1.29 is 14.7 Å². The second kappa shape index (κ2) is 7.66. The molecule has 0 saturated heterocycles. The van der Waals surface area contributed by atoms with Crippen LogP contribution in [0, 0.1) is 0 Å². The number of carboxylic acid groups (broad SMARTS) is 1. The van der Waals surface area contributed by atoms with E-state index in [0.29, 0.717) is 6.54 Å². The van der Waals surface area contributed by atoms with Crippen LogP contribution >= 0.6 is 0 Å². The minimum atomic E-state index is -0.963. The third kappa shape index (κ3) is 4.26. The largest absolute Gasteiger partial charge is 0.481 e. The number of hydrogen-bond donors (Lipinski definition) is 2. The first kappa shape index (κ1) is 16.8. The number of nitrogens with one attached hydrogen (secondary N) is 1. The average molecular weight is 336 g/mol. The highest BCUT2D eigenvalue weighted by Gasteiger charge is 2.10. The van der Waals surface area contributed by atoms with Crippen LogP contribution in [0.1, 0.15) is 24.0 Å². The van der Waals surface area contributed by atoms with Gasteiger partial charge in [0.1, 0.15) is 0 Å². The lowest BCUT2D eigenvalue weighted by Gasteiger charge is -2.05. The van der Waals surface area contributed by atoms with Gasteiger partial charge in [0, 0.05) is 36.6 Å². The van der Waals surface area contributed by atoms with Crippen molar-refractivity contribution in [2.45, 2.75) is 25.9 Å². The van der Waals surface area contributed by atoms with Crippen molar-refractivity contribution in [2.75, 3.05) is 0 Å². The summed E-state index contributed by atoms with van der Waals surface area (Å²) in [5, 5.41) is 12.6. The predicted molar refractivity (Wildman–Crippen MR) is 96.2 cm³/mol. The fourth-order valence-corrected chi connectivity index (χ4v) is 2.88.